The van der Waals surface area contributed by atoms with Crippen molar-refractivity contribution in [2.45, 2.75) is 13.3 Å². The fourth-order valence-corrected chi connectivity index (χ4v) is 2.42. The number of benzene rings is 1. The topological polar surface area (TPSA) is 46.2 Å². The molecule has 3 nitrogen and oxygen atoms in total. The van der Waals surface area contributed by atoms with Crippen molar-refractivity contribution >= 4 is 27.3 Å². The maximum absolute atomic E-state index is 11.4. The Kier molecular flexibility index (Phi) is 3.77. The van der Waals surface area contributed by atoms with Gasteiger partial charge in [-0.2, -0.15) is 0 Å². The first-order valence-electron chi connectivity index (χ1n) is 4.30. The van der Waals surface area contributed by atoms with Gasteiger partial charge in [0.25, 0.3) is 0 Å². The van der Waals surface area contributed by atoms with Crippen LogP contribution in [0.5, 0.6) is 0 Å². The number of sulfonamides is 1. The number of para-hydroxylation sites is 1. The van der Waals surface area contributed by atoms with Gasteiger partial charge in [-0.15, -0.1) is 0 Å². The van der Waals surface area contributed by atoms with Crippen molar-refractivity contribution < 1.29 is 8.42 Å². The van der Waals surface area contributed by atoms with Crippen molar-refractivity contribution in [1.82, 2.24) is 0 Å². The fourth-order valence-electron chi connectivity index (χ4n) is 1.03. The second-order valence-electron chi connectivity index (χ2n) is 2.90. The first-order valence-corrected chi connectivity index (χ1v) is 6.33. The minimum Gasteiger partial charge on any atom is -0.282 e. The average molecular weight is 234 g/mol. The molecule has 1 aromatic carbocycles. The molecule has 0 fully saturated rings. The Balaban J connectivity index is 2.84. The zero-order valence-corrected chi connectivity index (χ0v) is 9.40. The molecule has 0 atom stereocenters. The monoisotopic (exact) mass is 233 g/mol. The molecule has 0 saturated carbocycles. The summed E-state index contributed by atoms with van der Waals surface area (Å²) in [5.74, 6) is 0.109. The molecule has 0 aromatic heterocycles. The third-order valence-electron chi connectivity index (χ3n) is 1.61. The van der Waals surface area contributed by atoms with Crippen LogP contribution in [0.15, 0.2) is 24.3 Å². The van der Waals surface area contributed by atoms with Gasteiger partial charge in [-0.3, -0.25) is 4.72 Å². The van der Waals surface area contributed by atoms with E-state index in [4.69, 9.17) is 11.6 Å². The molecule has 1 aromatic rings. The average Bonchev–Trinajstić information content (AvgIpc) is 2.08. The molecule has 0 aliphatic heterocycles. The van der Waals surface area contributed by atoms with Gasteiger partial charge in [0.15, 0.2) is 0 Å². The lowest BCUT2D eigenvalue weighted by atomic mass is 10.3. The van der Waals surface area contributed by atoms with Crippen LogP contribution in [-0.2, 0) is 10.0 Å². The van der Waals surface area contributed by atoms with Crippen LogP contribution in [0.3, 0.4) is 0 Å². The maximum atomic E-state index is 11.4. The van der Waals surface area contributed by atoms with E-state index in [2.05, 4.69) is 4.72 Å². The summed E-state index contributed by atoms with van der Waals surface area (Å²) < 4.78 is 25.2. The molecule has 0 aliphatic rings. The summed E-state index contributed by atoms with van der Waals surface area (Å²) in [6.07, 6.45) is 0.583. The summed E-state index contributed by atoms with van der Waals surface area (Å²) in [5, 5.41) is 0.409. The van der Waals surface area contributed by atoms with Gasteiger partial charge in [0, 0.05) is 0 Å². The number of rotatable bonds is 4. The Hall–Kier alpha value is -0.740. The fraction of sp³-hybridized carbons (Fsp3) is 0.333. The smallest absolute Gasteiger partial charge is 0.232 e. The Labute approximate surface area is 89.1 Å². The van der Waals surface area contributed by atoms with Crippen molar-refractivity contribution in [2.24, 2.45) is 0 Å². The highest BCUT2D eigenvalue weighted by Crippen LogP contribution is 2.21. The van der Waals surface area contributed by atoms with Crippen LogP contribution < -0.4 is 4.72 Å². The van der Waals surface area contributed by atoms with Gasteiger partial charge < -0.3 is 0 Å². The van der Waals surface area contributed by atoms with E-state index in [0.717, 1.165) is 0 Å². The van der Waals surface area contributed by atoms with Crippen LogP contribution in [0.2, 0.25) is 5.02 Å². The van der Waals surface area contributed by atoms with Crippen LogP contribution in [0.4, 0.5) is 5.69 Å². The summed E-state index contributed by atoms with van der Waals surface area (Å²) in [5.41, 5.74) is 0.433. The summed E-state index contributed by atoms with van der Waals surface area (Å²) in [7, 11) is -3.24. The van der Waals surface area contributed by atoms with Crippen LogP contribution in [0, 0.1) is 0 Å². The summed E-state index contributed by atoms with van der Waals surface area (Å²) in [6, 6.07) is 6.76. The second-order valence-corrected chi connectivity index (χ2v) is 5.15. The first kappa shape index (κ1) is 11.3. The predicted octanol–water partition coefficient (Wildman–Crippen LogP) is 2.49. The molecule has 0 spiro atoms. The molecule has 5 heteroatoms. The second kappa shape index (κ2) is 4.66. The number of anilines is 1. The van der Waals surface area contributed by atoms with Gasteiger partial charge in [-0.05, 0) is 18.6 Å². The zero-order chi connectivity index (χ0) is 10.6. The van der Waals surface area contributed by atoms with Gasteiger partial charge in [-0.25, -0.2) is 8.42 Å². The summed E-state index contributed by atoms with van der Waals surface area (Å²) in [6.45, 7) is 1.81. The number of nitrogens with one attached hydrogen (secondary N) is 1. The molecule has 1 rings (SSSR count). The van der Waals surface area contributed by atoms with Gasteiger partial charge in [0.1, 0.15) is 0 Å². The quantitative estimate of drug-likeness (QED) is 0.869. The Morgan fingerprint density at radius 1 is 1.36 bits per heavy atom. The zero-order valence-electron chi connectivity index (χ0n) is 7.83. The van der Waals surface area contributed by atoms with E-state index in [1.807, 2.05) is 6.92 Å². The highest BCUT2D eigenvalue weighted by molar-refractivity contribution is 7.92. The molecule has 0 radical (unpaired) electrons. The molecule has 0 saturated heterocycles. The van der Waals surface area contributed by atoms with Gasteiger partial charge in [-0.1, -0.05) is 30.7 Å². The first-order chi connectivity index (χ1) is 6.55. The van der Waals surface area contributed by atoms with E-state index in [9.17, 15) is 8.42 Å². The van der Waals surface area contributed by atoms with Crippen molar-refractivity contribution in [2.75, 3.05) is 10.5 Å². The number of hydrogen-bond acceptors (Lipinski definition) is 2. The van der Waals surface area contributed by atoms with Gasteiger partial charge in [0.2, 0.25) is 10.0 Å². The normalized spacial score (nSPS) is 11.3. The third kappa shape index (κ3) is 3.20. The SMILES string of the molecule is CCCS(=O)(=O)Nc1ccccc1Cl. The molecular formula is C9H12ClNO2S. The number of hydrogen-bond donors (Lipinski definition) is 1. The van der Waals surface area contributed by atoms with Crippen molar-refractivity contribution in [1.29, 1.82) is 0 Å². The highest BCUT2D eigenvalue weighted by Gasteiger charge is 2.09. The largest absolute Gasteiger partial charge is 0.282 e. The van der Waals surface area contributed by atoms with E-state index in [1.165, 1.54) is 0 Å². The van der Waals surface area contributed by atoms with E-state index in [1.54, 1.807) is 24.3 Å². The lowest BCUT2D eigenvalue weighted by Gasteiger charge is -2.07. The maximum Gasteiger partial charge on any atom is 0.232 e. The molecule has 0 heterocycles. The predicted molar refractivity (Wildman–Crippen MR) is 59.2 cm³/mol. The number of halogens is 1. The third-order valence-corrected chi connectivity index (χ3v) is 3.42. The molecule has 0 aliphatic carbocycles. The standard InChI is InChI=1S/C9H12ClNO2S/c1-2-7-14(12,13)11-9-6-4-3-5-8(9)10/h3-6,11H,2,7H2,1H3. The molecule has 0 unspecified atom stereocenters. The van der Waals surface area contributed by atoms with E-state index < -0.39 is 10.0 Å². The van der Waals surface area contributed by atoms with E-state index >= 15 is 0 Å². The molecule has 14 heavy (non-hydrogen) atoms. The van der Waals surface area contributed by atoms with E-state index in [-0.39, 0.29) is 5.75 Å². The summed E-state index contributed by atoms with van der Waals surface area (Å²) in [4.78, 5) is 0. The van der Waals surface area contributed by atoms with Crippen molar-refractivity contribution in [3.63, 3.8) is 0 Å². The molecular weight excluding hydrogens is 222 g/mol. The Morgan fingerprint density at radius 3 is 2.57 bits per heavy atom. The molecule has 78 valence electrons. The van der Waals surface area contributed by atoms with Crippen LogP contribution >= 0.6 is 11.6 Å². The molecule has 0 bridgehead atoms. The lowest BCUT2D eigenvalue weighted by Crippen LogP contribution is -2.16. The Bertz CT molecular complexity index is 403. The van der Waals surface area contributed by atoms with Crippen molar-refractivity contribution in [3.05, 3.63) is 29.3 Å². The van der Waals surface area contributed by atoms with E-state index in [0.29, 0.717) is 17.1 Å². The summed E-state index contributed by atoms with van der Waals surface area (Å²) >= 11 is 5.80. The van der Waals surface area contributed by atoms with Gasteiger partial charge in [0.05, 0.1) is 16.5 Å². The highest BCUT2D eigenvalue weighted by atomic mass is 35.5. The molecule has 1 N–H and O–H groups in total. The van der Waals surface area contributed by atoms with Gasteiger partial charge >= 0.3 is 0 Å². The van der Waals surface area contributed by atoms with Crippen LogP contribution in [0.1, 0.15) is 13.3 Å². The van der Waals surface area contributed by atoms with Crippen LogP contribution in [-0.4, -0.2) is 14.2 Å². The van der Waals surface area contributed by atoms with Crippen LogP contribution in [0.25, 0.3) is 0 Å². The minimum atomic E-state index is -3.24. The van der Waals surface area contributed by atoms with Crippen molar-refractivity contribution in [3.8, 4) is 0 Å². The Morgan fingerprint density at radius 2 is 2.00 bits per heavy atom. The minimum absolute atomic E-state index is 0.109. The molecule has 0 amide bonds. The lowest BCUT2D eigenvalue weighted by molar-refractivity contribution is 0.600.